The Labute approximate surface area is 115 Å². The number of hydrogen-bond donors (Lipinski definition) is 1. The molecule has 106 valence electrons. The summed E-state index contributed by atoms with van der Waals surface area (Å²) < 4.78 is 5.19. The minimum atomic E-state index is -0.440. The number of benzene rings is 1. The molecule has 7 heteroatoms. The Balaban J connectivity index is 2.35. The lowest BCUT2D eigenvalue weighted by Crippen LogP contribution is -2.18. The van der Waals surface area contributed by atoms with Crippen LogP contribution in [0.4, 0.5) is 5.69 Å². The van der Waals surface area contributed by atoms with Crippen molar-refractivity contribution in [1.82, 2.24) is 10.1 Å². The highest BCUT2D eigenvalue weighted by Crippen LogP contribution is 2.27. The van der Waals surface area contributed by atoms with Gasteiger partial charge in [0.1, 0.15) is 0 Å². The molecule has 0 saturated heterocycles. The molecule has 1 aromatic carbocycles. The van der Waals surface area contributed by atoms with Gasteiger partial charge in [0.25, 0.3) is 11.6 Å². The number of nitro benzene ring substituents is 1. The van der Waals surface area contributed by atoms with E-state index in [2.05, 4.69) is 10.1 Å². The number of rotatable bonds is 4. The minimum absolute atomic E-state index is 0.0323. The molecule has 1 aromatic heterocycles. The van der Waals surface area contributed by atoms with Crippen LogP contribution in [0.15, 0.2) is 22.7 Å². The predicted molar refractivity (Wildman–Crippen MR) is 72.9 cm³/mol. The molecule has 0 spiro atoms. The van der Waals surface area contributed by atoms with E-state index in [0.717, 1.165) is 0 Å². The van der Waals surface area contributed by atoms with E-state index in [1.54, 1.807) is 13.0 Å². The maximum Gasteiger partial charge on any atom is 0.269 e. The third kappa shape index (κ3) is 2.67. The molecular formula is C13H16N4O3. The monoisotopic (exact) mass is 276 g/mol. The van der Waals surface area contributed by atoms with E-state index in [1.165, 1.54) is 12.1 Å². The third-order valence-corrected chi connectivity index (χ3v) is 3.11. The van der Waals surface area contributed by atoms with Crippen molar-refractivity contribution < 1.29 is 9.45 Å². The molecule has 0 amide bonds. The molecule has 2 rings (SSSR count). The van der Waals surface area contributed by atoms with Gasteiger partial charge in [0, 0.05) is 17.7 Å². The molecule has 20 heavy (non-hydrogen) atoms. The van der Waals surface area contributed by atoms with Gasteiger partial charge in [0.2, 0.25) is 0 Å². The van der Waals surface area contributed by atoms with Crippen LogP contribution in [0.2, 0.25) is 0 Å². The second kappa shape index (κ2) is 5.38. The lowest BCUT2D eigenvalue weighted by atomic mass is 10.1. The first-order chi connectivity index (χ1) is 9.40. The van der Waals surface area contributed by atoms with Crippen LogP contribution in [0.25, 0.3) is 11.5 Å². The Bertz CT molecular complexity index is 636. The molecule has 1 unspecified atom stereocenters. The van der Waals surface area contributed by atoms with E-state index in [-0.39, 0.29) is 17.6 Å². The number of non-ortho nitro benzene ring substituents is 1. The highest BCUT2D eigenvalue weighted by molar-refractivity contribution is 5.61. The number of aromatic nitrogens is 2. The van der Waals surface area contributed by atoms with E-state index in [0.29, 0.717) is 22.8 Å². The molecule has 1 heterocycles. The largest absolute Gasteiger partial charge is 0.334 e. The first-order valence-corrected chi connectivity index (χ1v) is 6.24. The smallest absolute Gasteiger partial charge is 0.269 e. The van der Waals surface area contributed by atoms with Crippen LogP contribution in [0.5, 0.6) is 0 Å². The zero-order valence-electron chi connectivity index (χ0n) is 11.5. The van der Waals surface area contributed by atoms with Gasteiger partial charge in [-0.3, -0.25) is 10.1 Å². The highest BCUT2D eigenvalue weighted by Gasteiger charge is 2.19. The summed E-state index contributed by atoms with van der Waals surface area (Å²) in [7, 11) is 0. The molecule has 0 saturated carbocycles. The maximum absolute atomic E-state index is 10.7. The van der Waals surface area contributed by atoms with Crippen molar-refractivity contribution in [3.05, 3.63) is 39.7 Å². The van der Waals surface area contributed by atoms with Crippen LogP contribution in [-0.2, 0) is 0 Å². The number of aryl methyl sites for hydroxylation is 1. The molecule has 2 N–H and O–H groups in total. The Hall–Kier alpha value is -2.28. The van der Waals surface area contributed by atoms with Crippen LogP contribution >= 0.6 is 0 Å². The summed E-state index contributed by atoms with van der Waals surface area (Å²) >= 11 is 0. The van der Waals surface area contributed by atoms with Crippen LogP contribution in [0, 0.1) is 23.0 Å². The second-order valence-electron chi connectivity index (χ2n) is 4.98. The van der Waals surface area contributed by atoms with Gasteiger partial charge in [0.15, 0.2) is 5.82 Å². The van der Waals surface area contributed by atoms with Gasteiger partial charge < -0.3 is 10.3 Å². The number of nitrogens with zero attached hydrogens (tertiary/aromatic N) is 3. The molecular weight excluding hydrogens is 260 g/mol. The van der Waals surface area contributed by atoms with Crippen molar-refractivity contribution in [2.45, 2.75) is 26.8 Å². The van der Waals surface area contributed by atoms with Crippen LogP contribution < -0.4 is 5.73 Å². The Morgan fingerprint density at radius 2 is 2.10 bits per heavy atom. The van der Waals surface area contributed by atoms with Gasteiger partial charge in [-0.05, 0) is 24.5 Å². The van der Waals surface area contributed by atoms with Crippen molar-refractivity contribution in [3.63, 3.8) is 0 Å². The molecule has 0 aliphatic carbocycles. The maximum atomic E-state index is 10.7. The topological polar surface area (TPSA) is 108 Å². The summed E-state index contributed by atoms with van der Waals surface area (Å²) in [6.07, 6.45) is 0. The van der Waals surface area contributed by atoms with Crippen LogP contribution in [0.3, 0.4) is 0 Å². The van der Waals surface area contributed by atoms with Gasteiger partial charge in [-0.25, -0.2) is 0 Å². The van der Waals surface area contributed by atoms with Crippen LogP contribution in [-0.4, -0.2) is 15.1 Å². The van der Waals surface area contributed by atoms with Gasteiger partial charge in [-0.2, -0.15) is 4.98 Å². The number of nitrogens with two attached hydrogens (primary N) is 1. The fourth-order valence-electron chi connectivity index (χ4n) is 1.78. The first kappa shape index (κ1) is 14.1. The molecule has 0 aliphatic heterocycles. The summed E-state index contributed by atoms with van der Waals surface area (Å²) in [4.78, 5) is 14.5. The molecule has 0 fully saturated rings. The minimum Gasteiger partial charge on any atom is -0.334 e. The van der Waals surface area contributed by atoms with Gasteiger partial charge >= 0.3 is 0 Å². The molecule has 0 aliphatic rings. The number of hydrogen-bond acceptors (Lipinski definition) is 6. The summed E-state index contributed by atoms with van der Waals surface area (Å²) in [5, 5.41) is 14.6. The highest BCUT2D eigenvalue weighted by atomic mass is 16.6. The SMILES string of the molecule is Cc1cc([N+](=O)[O-])ccc1-c1nc(C(N)C(C)C)no1. The molecule has 2 aromatic rings. The Morgan fingerprint density at radius 1 is 1.40 bits per heavy atom. The van der Waals surface area contributed by atoms with Crippen molar-refractivity contribution in [2.24, 2.45) is 11.7 Å². The van der Waals surface area contributed by atoms with Crippen molar-refractivity contribution in [3.8, 4) is 11.5 Å². The predicted octanol–water partition coefficient (Wildman–Crippen LogP) is 2.61. The first-order valence-electron chi connectivity index (χ1n) is 6.24. The standard InChI is InChI=1S/C13H16N4O3/c1-7(2)11(14)12-15-13(20-16-12)10-5-4-9(17(18)19)6-8(10)3/h4-7,11H,14H2,1-3H3. The molecule has 7 nitrogen and oxygen atoms in total. The summed E-state index contributed by atoms with van der Waals surface area (Å²) in [5.41, 5.74) is 7.36. The molecule has 0 bridgehead atoms. The average Bonchev–Trinajstić information content (AvgIpc) is 2.86. The fraction of sp³-hybridized carbons (Fsp3) is 0.385. The fourth-order valence-corrected chi connectivity index (χ4v) is 1.78. The summed E-state index contributed by atoms with van der Waals surface area (Å²) in [6, 6.07) is 4.19. The van der Waals surface area contributed by atoms with Gasteiger partial charge in [0.05, 0.1) is 11.0 Å². The lowest BCUT2D eigenvalue weighted by molar-refractivity contribution is -0.384. The normalized spacial score (nSPS) is 12.7. The lowest BCUT2D eigenvalue weighted by Gasteiger charge is -2.09. The number of nitro groups is 1. The zero-order chi connectivity index (χ0) is 14.9. The van der Waals surface area contributed by atoms with E-state index in [1.807, 2.05) is 13.8 Å². The van der Waals surface area contributed by atoms with Crippen LogP contribution in [0.1, 0.15) is 31.3 Å². The molecule has 0 radical (unpaired) electrons. The average molecular weight is 276 g/mol. The second-order valence-corrected chi connectivity index (χ2v) is 4.98. The molecule has 1 atom stereocenters. The Morgan fingerprint density at radius 3 is 2.65 bits per heavy atom. The summed E-state index contributed by atoms with van der Waals surface area (Å²) in [5.74, 6) is 0.953. The third-order valence-electron chi connectivity index (χ3n) is 3.11. The van der Waals surface area contributed by atoms with Crippen molar-refractivity contribution in [1.29, 1.82) is 0 Å². The van der Waals surface area contributed by atoms with Crippen molar-refractivity contribution >= 4 is 5.69 Å². The summed E-state index contributed by atoms with van der Waals surface area (Å²) in [6.45, 7) is 5.70. The zero-order valence-corrected chi connectivity index (χ0v) is 11.5. The Kier molecular flexibility index (Phi) is 3.80. The van der Waals surface area contributed by atoms with E-state index >= 15 is 0 Å². The van der Waals surface area contributed by atoms with Crippen molar-refractivity contribution in [2.75, 3.05) is 0 Å². The van der Waals surface area contributed by atoms with E-state index < -0.39 is 4.92 Å². The van der Waals surface area contributed by atoms with Gasteiger partial charge in [-0.15, -0.1) is 0 Å². The van der Waals surface area contributed by atoms with E-state index in [4.69, 9.17) is 10.3 Å². The van der Waals surface area contributed by atoms with E-state index in [9.17, 15) is 10.1 Å². The van der Waals surface area contributed by atoms with Gasteiger partial charge in [-0.1, -0.05) is 19.0 Å². The quantitative estimate of drug-likeness (QED) is 0.679.